The number of aromatic nitrogens is 1. The van der Waals surface area contributed by atoms with Gasteiger partial charge < -0.3 is 10.1 Å². The molecular formula is C13H11BrCl2N2O. The number of halogens is 3. The van der Waals surface area contributed by atoms with E-state index in [1.165, 1.54) is 0 Å². The molecule has 0 saturated carbocycles. The maximum Gasteiger partial charge on any atom is 0.139 e. The third-order valence-electron chi connectivity index (χ3n) is 2.31. The number of pyridine rings is 1. The van der Waals surface area contributed by atoms with Crippen molar-refractivity contribution in [1.82, 2.24) is 4.98 Å². The van der Waals surface area contributed by atoms with Crippen molar-refractivity contribution in [3.8, 4) is 5.75 Å². The second-order valence-electron chi connectivity index (χ2n) is 3.69. The van der Waals surface area contributed by atoms with E-state index in [9.17, 15) is 0 Å². The predicted octanol–water partition coefficient (Wildman–Crippen LogP) is 4.64. The third kappa shape index (κ3) is 4.27. The molecule has 1 aromatic carbocycles. The summed E-state index contributed by atoms with van der Waals surface area (Å²) in [4.78, 5) is 4.15. The van der Waals surface area contributed by atoms with Gasteiger partial charge in [-0.25, -0.2) is 4.98 Å². The lowest BCUT2D eigenvalue weighted by Crippen LogP contribution is -2.12. The van der Waals surface area contributed by atoms with E-state index in [0.717, 1.165) is 10.3 Å². The van der Waals surface area contributed by atoms with Crippen molar-refractivity contribution in [2.45, 2.75) is 0 Å². The van der Waals surface area contributed by atoms with E-state index in [1.807, 2.05) is 18.2 Å². The molecule has 1 N–H and O–H groups in total. The van der Waals surface area contributed by atoms with Gasteiger partial charge in [0.25, 0.3) is 0 Å². The molecule has 0 fully saturated rings. The van der Waals surface area contributed by atoms with Crippen LogP contribution in [-0.4, -0.2) is 18.1 Å². The van der Waals surface area contributed by atoms with E-state index >= 15 is 0 Å². The Bertz CT molecular complexity index is 552. The zero-order valence-corrected chi connectivity index (χ0v) is 13.0. The highest BCUT2D eigenvalue weighted by Crippen LogP contribution is 2.33. The molecule has 0 aliphatic heterocycles. The van der Waals surface area contributed by atoms with E-state index in [1.54, 1.807) is 18.3 Å². The minimum absolute atomic E-state index is 0.467. The summed E-state index contributed by atoms with van der Waals surface area (Å²) in [6.07, 6.45) is 1.73. The lowest BCUT2D eigenvalue weighted by atomic mass is 10.3. The number of anilines is 1. The molecule has 0 bridgehead atoms. The molecule has 6 heteroatoms. The van der Waals surface area contributed by atoms with Crippen molar-refractivity contribution in [3.63, 3.8) is 0 Å². The lowest BCUT2D eigenvalue weighted by molar-refractivity contribution is 0.333. The molecule has 3 nitrogen and oxygen atoms in total. The number of benzene rings is 1. The molecular weight excluding hydrogens is 351 g/mol. The van der Waals surface area contributed by atoms with E-state index in [2.05, 4.69) is 26.2 Å². The highest BCUT2D eigenvalue weighted by atomic mass is 79.9. The average Bonchev–Trinajstić information content (AvgIpc) is 2.41. The van der Waals surface area contributed by atoms with E-state index in [4.69, 9.17) is 27.9 Å². The summed E-state index contributed by atoms with van der Waals surface area (Å²) in [6, 6.07) is 9.08. The first-order chi connectivity index (χ1) is 9.16. The third-order valence-corrected chi connectivity index (χ3v) is 3.80. The Morgan fingerprint density at radius 2 is 2.05 bits per heavy atom. The van der Waals surface area contributed by atoms with Crippen LogP contribution in [0.15, 0.2) is 41.0 Å². The Morgan fingerprint density at radius 3 is 2.79 bits per heavy atom. The highest BCUT2D eigenvalue weighted by molar-refractivity contribution is 9.10. The maximum atomic E-state index is 6.05. The van der Waals surface area contributed by atoms with Crippen molar-refractivity contribution >= 4 is 44.9 Å². The lowest BCUT2D eigenvalue weighted by Gasteiger charge is -2.10. The van der Waals surface area contributed by atoms with Crippen LogP contribution in [0.5, 0.6) is 5.75 Å². The van der Waals surface area contributed by atoms with Gasteiger partial charge in [0, 0.05) is 16.7 Å². The molecule has 1 aromatic heterocycles. The highest BCUT2D eigenvalue weighted by Gasteiger charge is 2.06. The van der Waals surface area contributed by atoms with Crippen LogP contribution in [0.1, 0.15) is 0 Å². The van der Waals surface area contributed by atoms with Gasteiger partial charge in [-0.3, -0.25) is 0 Å². The summed E-state index contributed by atoms with van der Waals surface area (Å²) in [7, 11) is 0. The van der Waals surface area contributed by atoms with Crippen molar-refractivity contribution in [1.29, 1.82) is 0 Å². The first kappa shape index (κ1) is 14.4. The Labute approximate surface area is 130 Å². The van der Waals surface area contributed by atoms with Crippen molar-refractivity contribution in [3.05, 3.63) is 51.0 Å². The first-order valence-electron chi connectivity index (χ1n) is 5.59. The quantitative estimate of drug-likeness (QED) is 0.622. The number of nitrogens with zero attached hydrogens (tertiary/aromatic N) is 1. The Morgan fingerprint density at radius 1 is 1.21 bits per heavy atom. The Hall–Kier alpha value is -0.970. The fourth-order valence-corrected chi connectivity index (χ4v) is 2.27. The van der Waals surface area contributed by atoms with Gasteiger partial charge in [-0.2, -0.15) is 0 Å². The summed E-state index contributed by atoms with van der Waals surface area (Å²) in [5.41, 5.74) is 0. The molecule has 1 heterocycles. The number of rotatable bonds is 5. The SMILES string of the molecule is Clc1cc(OCCNc2ccccn2)c(Cl)cc1Br. The molecule has 0 aliphatic carbocycles. The van der Waals surface area contributed by atoms with Gasteiger partial charge in [-0.05, 0) is 34.1 Å². The second kappa shape index (κ2) is 6.98. The van der Waals surface area contributed by atoms with E-state index in [0.29, 0.717) is 28.9 Å². The summed E-state index contributed by atoms with van der Waals surface area (Å²) in [6.45, 7) is 1.09. The number of nitrogens with one attached hydrogen (secondary N) is 1. The Kier molecular flexibility index (Phi) is 5.31. The predicted molar refractivity (Wildman–Crippen MR) is 82.4 cm³/mol. The van der Waals surface area contributed by atoms with Gasteiger partial charge in [0.1, 0.15) is 18.2 Å². The normalized spacial score (nSPS) is 10.3. The molecule has 0 atom stereocenters. The van der Waals surface area contributed by atoms with Crippen LogP contribution in [0.3, 0.4) is 0 Å². The summed E-state index contributed by atoms with van der Waals surface area (Å²) < 4.78 is 6.32. The topological polar surface area (TPSA) is 34.1 Å². The van der Waals surface area contributed by atoms with Crippen LogP contribution in [0.2, 0.25) is 10.0 Å². The second-order valence-corrected chi connectivity index (χ2v) is 5.36. The standard InChI is InChI=1S/C13H11BrCl2N2O/c14-9-7-11(16)12(8-10(9)15)19-6-5-18-13-3-1-2-4-17-13/h1-4,7-8H,5-6H2,(H,17,18). The molecule has 2 aromatic rings. The zero-order valence-electron chi connectivity index (χ0n) is 9.87. The van der Waals surface area contributed by atoms with Crippen LogP contribution in [0.4, 0.5) is 5.82 Å². The number of hydrogen-bond donors (Lipinski definition) is 1. The van der Waals surface area contributed by atoms with Crippen LogP contribution in [-0.2, 0) is 0 Å². The Balaban J connectivity index is 1.85. The van der Waals surface area contributed by atoms with Gasteiger partial charge in [0.05, 0.1) is 16.6 Å². The molecule has 0 radical (unpaired) electrons. The number of ether oxygens (including phenoxy) is 1. The molecule has 100 valence electrons. The monoisotopic (exact) mass is 360 g/mol. The van der Waals surface area contributed by atoms with Gasteiger partial charge in [-0.15, -0.1) is 0 Å². The van der Waals surface area contributed by atoms with Crippen molar-refractivity contribution in [2.75, 3.05) is 18.5 Å². The van der Waals surface area contributed by atoms with E-state index in [-0.39, 0.29) is 0 Å². The fourth-order valence-electron chi connectivity index (χ4n) is 1.42. The minimum atomic E-state index is 0.467. The van der Waals surface area contributed by atoms with Crippen LogP contribution in [0.25, 0.3) is 0 Å². The van der Waals surface area contributed by atoms with Crippen LogP contribution >= 0.6 is 39.1 Å². The van der Waals surface area contributed by atoms with Crippen LogP contribution in [0, 0.1) is 0 Å². The first-order valence-corrected chi connectivity index (χ1v) is 7.14. The van der Waals surface area contributed by atoms with Gasteiger partial charge in [0.2, 0.25) is 0 Å². The smallest absolute Gasteiger partial charge is 0.139 e. The molecule has 0 aliphatic rings. The van der Waals surface area contributed by atoms with Gasteiger partial charge in [0.15, 0.2) is 0 Å². The van der Waals surface area contributed by atoms with Crippen molar-refractivity contribution in [2.24, 2.45) is 0 Å². The molecule has 2 rings (SSSR count). The number of hydrogen-bond acceptors (Lipinski definition) is 3. The molecule has 19 heavy (non-hydrogen) atoms. The van der Waals surface area contributed by atoms with Crippen molar-refractivity contribution < 1.29 is 4.74 Å². The zero-order chi connectivity index (χ0) is 13.7. The molecule has 0 unspecified atom stereocenters. The molecule has 0 amide bonds. The summed E-state index contributed by atoms with van der Waals surface area (Å²) >= 11 is 15.3. The fraction of sp³-hybridized carbons (Fsp3) is 0.154. The average molecular weight is 362 g/mol. The van der Waals surface area contributed by atoms with Gasteiger partial charge in [-0.1, -0.05) is 29.3 Å². The van der Waals surface area contributed by atoms with Gasteiger partial charge >= 0.3 is 0 Å². The van der Waals surface area contributed by atoms with Crippen LogP contribution < -0.4 is 10.1 Å². The van der Waals surface area contributed by atoms with E-state index < -0.39 is 0 Å². The minimum Gasteiger partial charge on any atom is -0.490 e. The molecule has 0 spiro atoms. The summed E-state index contributed by atoms with van der Waals surface area (Å²) in [5.74, 6) is 1.38. The summed E-state index contributed by atoms with van der Waals surface area (Å²) in [5, 5.41) is 4.23. The molecule has 0 saturated heterocycles. The largest absolute Gasteiger partial charge is 0.490 e. The maximum absolute atomic E-state index is 6.05.